The van der Waals surface area contributed by atoms with Crippen LogP contribution in [0.15, 0.2) is 60.7 Å². The van der Waals surface area contributed by atoms with E-state index in [1.54, 1.807) is 0 Å². The molecule has 32 heavy (non-hydrogen) atoms. The molecule has 3 heteroatoms. The zero-order valence-corrected chi connectivity index (χ0v) is 20.2. The molecule has 164 valence electrons. The predicted octanol–water partition coefficient (Wildman–Crippen LogP) is 8.65. The summed E-state index contributed by atoms with van der Waals surface area (Å²) in [5.41, 5.74) is 2.49. The lowest BCUT2D eigenvalue weighted by molar-refractivity contribution is -0.132. The number of rotatable bonds is 2. The molecule has 0 amide bonds. The molecule has 0 saturated heterocycles. The molecule has 2 aliphatic carbocycles. The van der Waals surface area contributed by atoms with Crippen LogP contribution in [0, 0.1) is 23.7 Å². The van der Waals surface area contributed by atoms with Crippen molar-refractivity contribution in [2.45, 2.75) is 45.1 Å². The topological polar surface area (TPSA) is 20.2 Å². The molecule has 0 radical (unpaired) electrons. The summed E-state index contributed by atoms with van der Waals surface area (Å²) in [6, 6.07) is 21.5. The molecule has 1 aromatic heterocycles. The average molecular weight is 461 g/mol. The smallest absolute Gasteiger partial charge is 0.0956 e. The maximum Gasteiger partial charge on any atom is 0.0956 e. The molecule has 5 atom stereocenters. The highest BCUT2D eigenvalue weighted by atomic mass is 35.5. The molecule has 0 aliphatic heterocycles. The molecule has 3 aromatic carbocycles. The fourth-order valence-corrected chi connectivity index (χ4v) is 8.18. The van der Waals surface area contributed by atoms with Crippen LogP contribution in [0.5, 0.6) is 0 Å². The Hall–Kier alpha value is -1.87. The number of halogens is 1. The largest absolute Gasteiger partial charge is 0.385 e. The van der Waals surface area contributed by atoms with E-state index in [-0.39, 0.29) is 5.92 Å². The Kier molecular flexibility index (Phi) is 4.91. The number of hydrogen-bond acceptors (Lipinski definition) is 2. The molecular weight excluding hydrogens is 432 g/mol. The zero-order chi connectivity index (χ0) is 22.0. The lowest BCUT2D eigenvalue weighted by Crippen LogP contribution is -2.49. The van der Waals surface area contributed by atoms with Gasteiger partial charge in [-0.05, 0) is 90.3 Å². The Morgan fingerprint density at radius 2 is 1.69 bits per heavy atom. The van der Waals surface area contributed by atoms with Crippen molar-refractivity contribution in [1.29, 1.82) is 0 Å². The molecule has 4 aromatic rings. The maximum absolute atomic E-state index is 12.4. The lowest BCUT2D eigenvalue weighted by atomic mass is 9.55. The summed E-state index contributed by atoms with van der Waals surface area (Å²) < 4.78 is 2.59. The van der Waals surface area contributed by atoms with Gasteiger partial charge in [-0.15, -0.1) is 11.3 Å². The van der Waals surface area contributed by atoms with Crippen LogP contribution in [-0.4, -0.2) is 5.11 Å². The van der Waals surface area contributed by atoms with Gasteiger partial charge in [0.05, 0.1) is 5.60 Å². The maximum atomic E-state index is 12.4. The van der Waals surface area contributed by atoms with Gasteiger partial charge in [-0.25, -0.2) is 0 Å². The quantitative estimate of drug-likeness (QED) is 0.317. The van der Waals surface area contributed by atoms with Crippen molar-refractivity contribution in [2.75, 3.05) is 0 Å². The minimum atomic E-state index is -0.805. The van der Waals surface area contributed by atoms with E-state index in [0.29, 0.717) is 11.8 Å². The van der Waals surface area contributed by atoms with E-state index in [0.717, 1.165) is 46.9 Å². The lowest BCUT2D eigenvalue weighted by Gasteiger charge is -2.52. The van der Waals surface area contributed by atoms with E-state index in [2.05, 4.69) is 68.4 Å². The summed E-state index contributed by atoms with van der Waals surface area (Å²) in [7, 11) is 0. The molecule has 0 spiro atoms. The van der Waals surface area contributed by atoms with Gasteiger partial charge in [0.15, 0.2) is 0 Å². The van der Waals surface area contributed by atoms with Gasteiger partial charge in [-0.2, -0.15) is 0 Å². The standard InChI is InChI=1S/C29H29ClOS/c1-17-11-19-13-18(2)29(31,21(12-17)14-19)26-10-8-22(30)16-25(26)20-7-9-24-23-5-3-4-6-27(23)32-28(24)15-20/h3-10,15-19,21,31H,11-14H2,1-2H3. The predicted molar refractivity (Wildman–Crippen MR) is 137 cm³/mol. The summed E-state index contributed by atoms with van der Waals surface area (Å²) in [5, 5.41) is 15.7. The van der Waals surface area contributed by atoms with Gasteiger partial charge in [-0.3, -0.25) is 0 Å². The number of thiophene rings is 1. The van der Waals surface area contributed by atoms with Gasteiger partial charge in [0, 0.05) is 25.2 Å². The second kappa shape index (κ2) is 7.58. The molecule has 1 heterocycles. The Morgan fingerprint density at radius 3 is 2.56 bits per heavy atom. The molecule has 2 fully saturated rings. The van der Waals surface area contributed by atoms with Crippen molar-refractivity contribution in [3.05, 3.63) is 71.2 Å². The summed E-state index contributed by atoms with van der Waals surface area (Å²) in [5.74, 6) is 1.99. The van der Waals surface area contributed by atoms with Crippen LogP contribution < -0.4 is 0 Å². The zero-order valence-electron chi connectivity index (χ0n) is 18.6. The fraction of sp³-hybridized carbons (Fsp3) is 0.379. The molecule has 2 bridgehead atoms. The number of hydrogen-bond donors (Lipinski definition) is 1. The third kappa shape index (κ3) is 3.15. The normalized spacial score (nSPS) is 30.1. The Bertz CT molecular complexity index is 1320. The molecule has 6 rings (SSSR count). The van der Waals surface area contributed by atoms with Crippen molar-refractivity contribution < 1.29 is 5.11 Å². The average Bonchev–Trinajstić information content (AvgIpc) is 3.15. The van der Waals surface area contributed by atoms with E-state index >= 15 is 0 Å². The van der Waals surface area contributed by atoms with Crippen LogP contribution in [0.1, 0.15) is 45.1 Å². The monoisotopic (exact) mass is 460 g/mol. The third-order valence-corrected chi connectivity index (χ3v) is 9.57. The van der Waals surface area contributed by atoms with Crippen LogP contribution >= 0.6 is 22.9 Å². The summed E-state index contributed by atoms with van der Waals surface area (Å²) in [6.45, 7) is 4.61. The second-order valence-corrected chi connectivity index (χ2v) is 11.9. The highest BCUT2D eigenvalue weighted by Crippen LogP contribution is 2.56. The van der Waals surface area contributed by atoms with Gasteiger partial charge in [0.2, 0.25) is 0 Å². The van der Waals surface area contributed by atoms with Gasteiger partial charge >= 0.3 is 0 Å². The summed E-state index contributed by atoms with van der Waals surface area (Å²) in [4.78, 5) is 0. The van der Waals surface area contributed by atoms with E-state index in [1.807, 2.05) is 17.4 Å². The van der Waals surface area contributed by atoms with Gasteiger partial charge < -0.3 is 5.11 Å². The van der Waals surface area contributed by atoms with Gasteiger partial charge in [-0.1, -0.05) is 61.8 Å². The molecule has 2 aliphatic rings. The first-order chi connectivity index (χ1) is 15.4. The molecule has 2 saturated carbocycles. The van der Waals surface area contributed by atoms with Crippen LogP contribution in [0.3, 0.4) is 0 Å². The van der Waals surface area contributed by atoms with Crippen LogP contribution in [-0.2, 0) is 5.60 Å². The van der Waals surface area contributed by atoms with E-state index < -0.39 is 5.60 Å². The number of aliphatic hydroxyl groups is 1. The van der Waals surface area contributed by atoms with Crippen LogP contribution in [0.25, 0.3) is 31.3 Å². The van der Waals surface area contributed by atoms with E-state index in [9.17, 15) is 5.11 Å². The Balaban J connectivity index is 1.52. The van der Waals surface area contributed by atoms with Crippen LogP contribution in [0.2, 0.25) is 5.02 Å². The number of fused-ring (bicyclic) bond motifs is 5. The Morgan fingerprint density at radius 1 is 0.875 bits per heavy atom. The second-order valence-electron chi connectivity index (χ2n) is 10.3. The van der Waals surface area contributed by atoms with Crippen molar-refractivity contribution in [3.63, 3.8) is 0 Å². The third-order valence-electron chi connectivity index (χ3n) is 8.20. The molecular formula is C29H29ClOS. The number of benzene rings is 3. The highest BCUT2D eigenvalue weighted by molar-refractivity contribution is 7.25. The van der Waals surface area contributed by atoms with Crippen molar-refractivity contribution in [3.8, 4) is 11.1 Å². The van der Waals surface area contributed by atoms with E-state index in [1.165, 1.54) is 26.6 Å². The molecule has 1 nitrogen and oxygen atoms in total. The van der Waals surface area contributed by atoms with Crippen molar-refractivity contribution in [2.24, 2.45) is 23.7 Å². The van der Waals surface area contributed by atoms with Crippen molar-refractivity contribution >= 4 is 43.1 Å². The first-order valence-electron chi connectivity index (χ1n) is 11.9. The van der Waals surface area contributed by atoms with Crippen molar-refractivity contribution in [1.82, 2.24) is 0 Å². The fourth-order valence-electron chi connectivity index (χ4n) is 6.86. The van der Waals surface area contributed by atoms with Gasteiger partial charge in [0.25, 0.3) is 0 Å². The van der Waals surface area contributed by atoms with Gasteiger partial charge in [0.1, 0.15) is 0 Å². The Labute approximate surface area is 199 Å². The minimum absolute atomic E-state index is 0.242. The molecule has 1 N–H and O–H groups in total. The minimum Gasteiger partial charge on any atom is -0.385 e. The van der Waals surface area contributed by atoms with Crippen LogP contribution in [0.4, 0.5) is 0 Å². The first-order valence-corrected chi connectivity index (χ1v) is 13.1. The summed E-state index contributed by atoms with van der Waals surface area (Å²) in [6.07, 6.45) is 4.67. The van der Waals surface area contributed by atoms with E-state index in [4.69, 9.17) is 11.6 Å². The highest BCUT2D eigenvalue weighted by Gasteiger charge is 2.51. The first kappa shape index (κ1) is 20.7. The molecule has 5 unspecified atom stereocenters. The summed E-state index contributed by atoms with van der Waals surface area (Å²) >= 11 is 8.35. The SMILES string of the molecule is CC1CC2CC(C)C(O)(c3ccc(Cl)cc3-c3ccc4c(c3)sc3ccccc34)C(C1)C2.